The second-order valence-corrected chi connectivity index (χ2v) is 2.95. The van der Waals surface area contributed by atoms with E-state index in [4.69, 9.17) is 0 Å². The molecule has 0 unspecified atom stereocenters. The maximum atomic E-state index is 4.44. The molecule has 1 aliphatic heterocycles. The van der Waals surface area contributed by atoms with E-state index in [9.17, 15) is 0 Å². The molecule has 0 fully saturated rings. The van der Waals surface area contributed by atoms with E-state index in [1.165, 1.54) is 0 Å². The molecule has 0 atom stereocenters. The number of rotatable bonds is 1. The number of allylic oxidation sites excluding steroid dienone is 4. The molecule has 0 saturated heterocycles. The summed E-state index contributed by atoms with van der Waals surface area (Å²) < 4.78 is 0. The van der Waals surface area contributed by atoms with Crippen LogP contribution in [0.3, 0.4) is 0 Å². The molecule has 3 heteroatoms. The predicted molar refractivity (Wildman–Crippen MR) is 74.4 cm³/mol. The van der Waals surface area contributed by atoms with E-state index in [1.807, 2.05) is 49.4 Å². The van der Waals surface area contributed by atoms with Crippen molar-refractivity contribution >= 4 is 5.70 Å². The Kier molecular flexibility index (Phi) is 9.35. The van der Waals surface area contributed by atoms with E-state index >= 15 is 0 Å². The van der Waals surface area contributed by atoms with Crippen LogP contribution in [0.2, 0.25) is 0 Å². The molecule has 0 saturated carbocycles. The number of pyridine rings is 1. The van der Waals surface area contributed by atoms with E-state index in [2.05, 4.69) is 10.3 Å². The zero-order valence-electron chi connectivity index (χ0n) is 9.46. The van der Waals surface area contributed by atoms with Crippen molar-refractivity contribution in [2.45, 2.75) is 14.4 Å². The van der Waals surface area contributed by atoms with Gasteiger partial charge in [0.2, 0.25) is 0 Å². The zero-order valence-corrected chi connectivity index (χ0v) is 10.9. The van der Waals surface area contributed by atoms with E-state index in [0.29, 0.717) is 0 Å². The van der Waals surface area contributed by atoms with Crippen LogP contribution in [-0.4, -0.2) is 4.98 Å². The molecule has 17 heavy (non-hydrogen) atoms. The first-order valence-corrected chi connectivity index (χ1v) is 4.58. The Morgan fingerprint density at radius 3 is 2.65 bits per heavy atom. The van der Waals surface area contributed by atoms with E-state index in [0.717, 1.165) is 17.1 Å². The molecular weight excluding hydrogens is 251 g/mol. The van der Waals surface area contributed by atoms with Crippen molar-refractivity contribution in [1.82, 2.24) is 4.98 Å². The summed E-state index contributed by atoms with van der Waals surface area (Å²) in [6.45, 7) is 1.98. The Balaban J connectivity index is 0. The van der Waals surface area contributed by atoms with Crippen LogP contribution in [0.4, 0.5) is 0 Å². The van der Waals surface area contributed by atoms with Crippen molar-refractivity contribution in [3.05, 3.63) is 72.8 Å². The van der Waals surface area contributed by atoms with Crippen LogP contribution in [0.25, 0.3) is 11.0 Å². The van der Waals surface area contributed by atoms with Crippen molar-refractivity contribution in [2.75, 3.05) is 0 Å². The second-order valence-electron chi connectivity index (χ2n) is 2.95. The topological polar surface area (TPSA) is 27.0 Å². The standard InChI is InChI=1S/C12H11N2.CH4.CH3.Mn.2H/c1-2-10-6-5-8-12(14-10)11-7-3-4-9-13-11;;;;;/h2-9H,1H3;1H4;1H3;;;/q-1;;-1;;;/b10-2-;;;;;. The fraction of sp³-hybridized carbons (Fsp3) is 0.143. The van der Waals surface area contributed by atoms with Gasteiger partial charge in [-0.2, -0.15) is 0 Å². The summed E-state index contributed by atoms with van der Waals surface area (Å²) in [6, 6.07) is 5.83. The summed E-state index contributed by atoms with van der Waals surface area (Å²) in [5, 5.41) is 4.44. The molecule has 1 radical (unpaired) electrons. The van der Waals surface area contributed by atoms with Crippen molar-refractivity contribution in [3.8, 4) is 0 Å². The molecule has 0 aromatic carbocycles. The number of hydrogen-bond donors (Lipinski definition) is 0. The molecule has 1 aliphatic rings. The minimum absolute atomic E-state index is 0. The molecule has 0 bridgehead atoms. The SMILES string of the molecule is C.C/C=C1/C=CC=C(c2ccccn2)[N-]1.[CH3-].[MnH2]. The zero-order chi connectivity index (χ0) is 9.80. The normalized spacial score (nSPS) is 14.6. The average molecular weight is 271 g/mol. The molecule has 2 heterocycles. The third kappa shape index (κ3) is 4.59. The Morgan fingerprint density at radius 2 is 2.06 bits per heavy atom. The summed E-state index contributed by atoms with van der Waals surface area (Å²) in [7, 11) is 0. The van der Waals surface area contributed by atoms with E-state index in [1.54, 1.807) is 6.20 Å². The van der Waals surface area contributed by atoms with Gasteiger partial charge in [0.15, 0.2) is 0 Å². The number of nitrogens with zero attached hydrogens (tertiary/aromatic N) is 2. The fourth-order valence-electron chi connectivity index (χ4n) is 1.27. The van der Waals surface area contributed by atoms with Crippen LogP contribution in [0, 0.1) is 7.43 Å². The van der Waals surface area contributed by atoms with Gasteiger partial charge in [-0.25, -0.2) is 0 Å². The average Bonchev–Trinajstić information content (AvgIpc) is 2.30. The monoisotopic (exact) mass is 271 g/mol. The summed E-state index contributed by atoms with van der Waals surface area (Å²) in [5.74, 6) is 0. The Morgan fingerprint density at radius 1 is 1.29 bits per heavy atom. The van der Waals surface area contributed by atoms with Gasteiger partial charge < -0.3 is 12.7 Å². The molecule has 0 spiro atoms. The van der Waals surface area contributed by atoms with Gasteiger partial charge in [-0.05, 0) is 19.1 Å². The summed E-state index contributed by atoms with van der Waals surface area (Å²) in [5.41, 5.74) is 2.81. The van der Waals surface area contributed by atoms with Gasteiger partial charge >= 0.3 is 17.1 Å². The third-order valence-electron chi connectivity index (χ3n) is 1.99. The van der Waals surface area contributed by atoms with E-state index in [-0.39, 0.29) is 31.9 Å². The van der Waals surface area contributed by atoms with Crippen molar-refractivity contribution in [3.63, 3.8) is 0 Å². The first kappa shape index (κ1) is 18.1. The third-order valence-corrected chi connectivity index (χ3v) is 1.99. The quantitative estimate of drug-likeness (QED) is 0.563. The minimum atomic E-state index is 0. The van der Waals surface area contributed by atoms with Gasteiger partial charge in [0.1, 0.15) is 0 Å². The first-order chi connectivity index (χ1) is 6.90. The van der Waals surface area contributed by atoms with Crippen molar-refractivity contribution in [1.29, 1.82) is 0 Å². The molecule has 2 rings (SSSR count). The van der Waals surface area contributed by atoms with Crippen LogP contribution in [0.1, 0.15) is 20.0 Å². The molecule has 0 amide bonds. The van der Waals surface area contributed by atoms with Gasteiger partial charge in [-0.15, -0.1) is 17.5 Å². The molecule has 1 aromatic heterocycles. The van der Waals surface area contributed by atoms with Gasteiger partial charge in [-0.3, -0.25) is 4.98 Å². The second kappa shape index (κ2) is 8.80. The van der Waals surface area contributed by atoms with Crippen LogP contribution >= 0.6 is 0 Å². The van der Waals surface area contributed by atoms with Crippen LogP contribution < -0.4 is 0 Å². The van der Waals surface area contributed by atoms with E-state index < -0.39 is 0 Å². The first-order valence-electron chi connectivity index (χ1n) is 4.58. The molecule has 0 N–H and O–H groups in total. The summed E-state index contributed by atoms with van der Waals surface area (Å²) in [4.78, 5) is 4.25. The maximum absolute atomic E-state index is 4.44. The molecule has 1 aromatic rings. The fourth-order valence-corrected chi connectivity index (χ4v) is 1.27. The summed E-state index contributed by atoms with van der Waals surface area (Å²) in [6.07, 6.45) is 9.69. The Hall–Kier alpha value is -1.31. The summed E-state index contributed by atoms with van der Waals surface area (Å²) >= 11 is 0. The molecule has 0 aliphatic carbocycles. The van der Waals surface area contributed by atoms with Crippen LogP contribution in [0.15, 0.2) is 54.4 Å². The van der Waals surface area contributed by atoms with Gasteiger partial charge in [0.05, 0.1) is 0 Å². The predicted octanol–water partition coefficient (Wildman–Crippen LogP) is 3.82. The van der Waals surface area contributed by atoms with Crippen molar-refractivity contribution in [2.24, 2.45) is 0 Å². The van der Waals surface area contributed by atoms with Crippen LogP contribution in [-0.2, 0) is 17.1 Å². The molecule has 2 nitrogen and oxygen atoms in total. The van der Waals surface area contributed by atoms with Crippen molar-refractivity contribution < 1.29 is 17.1 Å². The van der Waals surface area contributed by atoms with Gasteiger partial charge in [0, 0.05) is 11.9 Å². The Labute approximate surface area is 115 Å². The van der Waals surface area contributed by atoms with Gasteiger partial charge in [0.25, 0.3) is 0 Å². The van der Waals surface area contributed by atoms with Gasteiger partial charge in [-0.1, -0.05) is 31.7 Å². The molecular formula is C14H20MnN2-2. The number of hydrogen-bond acceptors (Lipinski definition) is 1. The molecule has 95 valence electrons. The van der Waals surface area contributed by atoms with Crippen LogP contribution in [0.5, 0.6) is 0 Å². The Bertz CT molecular complexity index is 405. The number of aromatic nitrogens is 1.